The standard InChI is InChI=1S/C54H51N/c1-54(2)50-21-10-8-19-45(50)46-29-25-40(34-51(46)54)37-16-12-17-41(31-37)55-52-22-11-9-20-47(52)49-33-39(26-30-53(49)55)38-24-28-44-42-18-7-6-15-36(42)23-27-43(48(44)32-38)35-13-4-3-5-14-35/h4,6-8,10-19,21-22,25,28-29,32-34,38,41,43H,3,5,9,20,23-24,26-27,30-31H2,1-2H3/t38?,41-,43?/m0/s1. The molecule has 3 atom stereocenters. The van der Waals surface area contributed by atoms with Crippen LogP contribution in [0.15, 0.2) is 138 Å². The van der Waals surface area contributed by atoms with Crippen LogP contribution < -0.4 is 0 Å². The Morgan fingerprint density at radius 1 is 0.764 bits per heavy atom. The van der Waals surface area contributed by atoms with Gasteiger partial charge in [-0.15, -0.1) is 0 Å². The van der Waals surface area contributed by atoms with Crippen LogP contribution in [0.25, 0.3) is 34.4 Å². The molecule has 0 fully saturated rings. The molecule has 0 bridgehead atoms. The first-order chi connectivity index (χ1) is 27.0. The zero-order valence-electron chi connectivity index (χ0n) is 32.5. The molecule has 0 amide bonds. The highest BCUT2D eigenvalue weighted by atomic mass is 15.0. The zero-order chi connectivity index (χ0) is 36.7. The fraction of sp³-hybridized carbons (Fsp3) is 0.296. The van der Waals surface area contributed by atoms with Crippen molar-refractivity contribution in [2.45, 2.75) is 89.5 Å². The first-order valence-electron chi connectivity index (χ1n) is 21.1. The molecule has 7 aliphatic carbocycles. The summed E-state index contributed by atoms with van der Waals surface area (Å²) in [6.45, 7) is 4.79. The summed E-state index contributed by atoms with van der Waals surface area (Å²) >= 11 is 0. The fourth-order valence-electron chi connectivity index (χ4n) is 11.4. The average molecular weight is 714 g/mol. The maximum atomic E-state index is 2.75. The molecule has 4 aromatic rings. The van der Waals surface area contributed by atoms with Crippen LogP contribution in [0.2, 0.25) is 0 Å². The van der Waals surface area contributed by atoms with Crippen molar-refractivity contribution in [3.8, 4) is 11.1 Å². The highest BCUT2D eigenvalue weighted by Crippen LogP contribution is 2.51. The van der Waals surface area contributed by atoms with Crippen LogP contribution >= 0.6 is 0 Å². The molecule has 1 heterocycles. The molecule has 11 rings (SSSR count). The fourth-order valence-corrected chi connectivity index (χ4v) is 11.4. The molecule has 3 aromatic carbocycles. The van der Waals surface area contributed by atoms with Crippen molar-refractivity contribution in [2.75, 3.05) is 0 Å². The van der Waals surface area contributed by atoms with Crippen molar-refractivity contribution in [1.82, 2.24) is 4.57 Å². The Morgan fingerprint density at radius 2 is 1.62 bits per heavy atom. The zero-order valence-corrected chi connectivity index (χ0v) is 32.5. The van der Waals surface area contributed by atoms with E-state index >= 15 is 0 Å². The normalized spacial score (nSPS) is 24.1. The van der Waals surface area contributed by atoms with Crippen molar-refractivity contribution in [3.63, 3.8) is 0 Å². The second kappa shape index (κ2) is 13.0. The van der Waals surface area contributed by atoms with Gasteiger partial charge >= 0.3 is 0 Å². The van der Waals surface area contributed by atoms with Gasteiger partial charge in [-0.2, -0.15) is 0 Å². The molecular weight excluding hydrogens is 663 g/mol. The molecule has 2 unspecified atom stereocenters. The first-order valence-corrected chi connectivity index (χ1v) is 21.1. The quantitative estimate of drug-likeness (QED) is 0.198. The third kappa shape index (κ3) is 5.33. The summed E-state index contributed by atoms with van der Waals surface area (Å²) in [5, 5.41) is 0. The first kappa shape index (κ1) is 33.2. The van der Waals surface area contributed by atoms with E-state index < -0.39 is 0 Å². The van der Waals surface area contributed by atoms with Gasteiger partial charge < -0.3 is 4.57 Å². The number of hydrogen-bond donors (Lipinski definition) is 0. The molecule has 0 N–H and O–H groups in total. The third-order valence-corrected chi connectivity index (χ3v) is 14.2. The molecule has 0 saturated heterocycles. The molecule has 55 heavy (non-hydrogen) atoms. The Kier molecular flexibility index (Phi) is 7.84. The Labute approximate surface area is 327 Å². The Balaban J connectivity index is 0.931. The minimum absolute atomic E-state index is 0.0112. The van der Waals surface area contributed by atoms with Crippen LogP contribution in [0.1, 0.15) is 115 Å². The average Bonchev–Trinajstić information content (AvgIpc) is 3.61. The number of hydrogen-bond acceptors (Lipinski definition) is 0. The van der Waals surface area contributed by atoms with E-state index in [9.17, 15) is 0 Å². The van der Waals surface area contributed by atoms with Crippen molar-refractivity contribution in [2.24, 2.45) is 11.8 Å². The largest absolute Gasteiger partial charge is 0.337 e. The summed E-state index contributed by atoms with van der Waals surface area (Å²) in [5.41, 5.74) is 23.9. The van der Waals surface area contributed by atoms with Crippen molar-refractivity contribution < 1.29 is 0 Å². The summed E-state index contributed by atoms with van der Waals surface area (Å²) in [7, 11) is 0. The molecule has 1 heteroatoms. The van der Waals surface area contributed by atoms with E-state index in [4.69, 9.17) is 0 Å². The van der Waals surface area contributed by atoms with Crippen molar-refractivity contribution in [1.29, 1.82) is 0 Å². The van der Waals surface area contributed by atoms with Gasteiger partial charge in [0.15, 0.2) is 0 Å². The predicted molar refractivity (Wildman–Crippen MR) is 232 cm³/mol. The molecule has 7 aliphatic rings. The van der Waals surface area contributed by atoms with Gasteiger partial charge in [0.05, 0.1) is 6.04 Å². The molecule has 1 nitrogen and oxygen atoms in total. The summed E-state index contributed by atoms with van der Waals surface area (Å²) in [4.78, 5) is 0. The van der Waals surface area contributed by atoms with E-state index in [1.807, 2.05) is 0 Å². The number of rotatable bonds is 4. The van der Waals surface area contributed by atoms with Gasteiger partial charge in [0, 0.05) is 28.6 Å². The topological polar surface area (TPSA) is 4.93 Å². The van der Waals surface area contributed by atoms with Crippen LogP contribution in [0, 0.1) is 11.8 Å². The summed E-state index contributed by atoms with van der Waals surface area (Å²) in [5.74, 6) is 0.939. The maximum absolute atomic E-state index is 2.75. The van der Waals surface area contributed by atoms with Crippen LogP contribution in [-0.4, -0.2) is 4.57 Å². The van der Waals surface area contributed by atoms with Gasteiger partial charge in [-0.25, -0.2) is 0 Å². The van der Waals surface area contributed by atoms with E-state index in [2.05, 4.69) is 152 Å². The summed E-state index contributed by atoms with van der Waals surface area (Å²) in [6, 6.07) is 25.8. The smallest absolute Gasteiger partial charge is 0.0563 e. The second-order valence-electron chi connectivity index (χ2n) is 17.5. The lowest BCUT2D eigenvalue weighted by Gasteiger charge is -2.31. The lowest BCUT2D eigenvalue weighted by molar-refractivity contribution is 0.574. The highest BCUT2D eigenvalue weighted by molar-refractivity contribution is 5.85. The predicted octanol–water partition coefficient (Wildman–Crippen LogP) is 13.5. The maximum Gasteiger partial charge on any atom is 0.0563 e. The Hall–Kier alpha value is -5.14. The number of benzene rings is 3. The molecule has 272 valence electrons. The molecule has 0 spiro atoms. The SMILES string of the molecule is CC1(C)c2ccccc2-c2ccc(C3=CC=C[C@H](n4c5c(c6c4CCC(C4C=C7C(=CC4)c4ccccc4CCC7C4=CCCC=C4)=C6)CCC=C5)C3)cc21. The van der Waals surface area contributed by atoms with Crippen LogP contribution in [0.3, 0.4) is 0 Å². The van der Waals surface area contributed by atoms with Gasteiger partial charge in [0.25, 0.3) is 0 Å². The highest BCUT2D eigenvalue weighted by Gasteiger charge is 2.37. The van der Waals surface area contributed by atoms with Gasteiger partial charge in [0.1, 0.15) is 0 Å². The van der Waals surface area contributed by atoms with E-state index in [0.29, 0.717) is 17.9 Å². The number of aromatic nitrogens is 1. The van der Waals surface area contributed by atoms with Gasteiger partial charge in [-0.3, -0.25) is 0 Å². The minimum atomic E-state index is 0.0112. The van der Waals surface area contributed by atoms with Gasteiger partial charge in [0.2, 0.25) is 0 Å². The molecule has 1 aromatic heterocycles. The summed E-state index contributed by atoms with van der Waals surface area (Å²) in [6.07, 6.45) is 38.7. The van der Waals surface area contributed by atoms with Crippen molar-refractivity contribution >= 4 is 23.3 Å². The lowest BCUT2D eigenvalue weighted by atomic mass is 9.74. The van der Waals surface area contributed by atoms with E-state index in [1.165, 1.54) is 86.2 Å². The van der Waals surface area contributed by atoms with E-state index in [0.717, 1.165) is 44.9 Å². The molecular formula is C54H51N. The Bertz CT molecular complexity index is 2520. The monoisotopic (exact) mass is 713 g/mol. The Morgan fingerprint density at radius 3 is 2.53 bits per heavy atom. The molecule has 0 aliphatic heterocycles. The summed E-state index contributed by atoms with van der Waals surface area (Å²) < 4.78 is 2.75. The number of aryl methyl sites for hydroxylation is 1. The molecule has 0 radical (unpaired) electrons. The third-order valence-electron chi connectivity index (χ3n) is 14.2. The van der Waals surface area contributed by atoms with Crippen LogP contribution in [-0.2, 0) is 24.7 Å². The van der Waals surface area contributed by atoms with Crippen LogP contribution in [0.5, 0.6) is 0 Å². The van der Waals surface area contributed by atoms with Gasteiger partial charge in [-0.1, -0.05) is 141 Å². The lowest BCUT2D eigenvalue weighted by Crippen LogP contribution is -2.18. The minimum Gasteiger partial charge on any atom is -0.337 e. The number of fused-ring (bicyclic) bond motifs is 9. The van der Waals surface area contributed by atoms with E-state index in [1.54, 1.807) is 22.4 Å². The van der Waals surface area contributed by atoms with E-state index in [-0.39, 0.29) is 5.41 Å². The van der Waals surface area contributed by atoms with Crippen molar-refractivity contribution in [3.05, 3.63) is 188 Å². The van der Waals surface area contributed by atoms with Crippen LogP contribution in [0.4, 0.5) is 0 Å². The second-order valence-corrected chi connectivity index (χ2v) is 17.5. The van der Waals surface area contributed by atoms with Gasteiger partial charge in [-0.05, 0) is 149 Å². The molecule has 0 saturated carbocycles. The number of allylic oxidation sites excluding steroid dienone is 14. The number of nitrogens with zero attached hydrogens (tertiary/aromatic N) is 1.